The number of H-pyrrole nitrogens is 1. The van der Waals surface area contributed by atoms with Crippen LogP contribution in [0.5, 0.6) is 0 Å². The maximum atomic E-state index is 14.8. The molecule has 0 spiro atoms. The Morgan fingerprint density at radius 3 is 1.51 bits per heavy atom. The van der Waals surface area contributed by atoms with Crippen LogP contribution in [0.15, 0.2) is 40.4 Å². The molecule has 1 aliphatic rings. The fraction of sp³-hybridized carbons (Fsp3) is 0.615. The van der Waals surface area contributed by atoms with Crippen molar-refractivity contribution in [2.75, 3.05) is 26.2 Å². The smallest absolute Gasteiger partial charge is 0.325 e. The van der Waals surface area contributed by atoms with E-state index in [9.17, 15) is 82.1 Å². The van der Waals surface area contributed by atoms with Gasteiger partial charge in [0.15, 0.2) is 11.9 Å². The average Bonchev–Trinajstić information content (AvgIpc) is 1.63. The highest BCUT2D eigenvalue weighted by atomic mass is 16.4. The van der Waals surface area contributed by atoms with Crippen molar-refractivity contribution in [1.29, 1.82) is 0 Å². The van der Waals surface area contributed by atoms with E-state index in [1.165, 1.54) is 27.7 Å². The molecular formula is C65H105N21O18. The number of hydrogen-bond acceptors (Lipinski definition) is 19. The van der Waals surface area contributed by atoms with Gasteiger partial charge in [0.25, 0.3) is 0 Å². The summed E-state index contributed by atoms with van der Waals surface area (Å²) < 4.78 is 0. The van der Waals surface area contributed by atoms with Gasteiger partial charge >= 0.3 is 11.9 Å². The third-order valence-corrected chi connectivity index (χ3v) is 16.5. The highest BCUT2D eigenvalue weighted by Crippen LogP contribution is 2.21. The maximum Gasteiger partial charge on any atom is 0.325 e. The van der Waals surface area contributed by atoms with Crippen LogP contribution in [0.25, 0.3) is 10.9 Å². The Hall–Kier alpha value is -10.7. The number of nitrogens with zero attached hydrogens (tertiary/aromatic N) is 3. The first-order valence-corrected chi connectivity index (χ1v) is 34.2. The molecule has 2 heterocycles. The molecular weight excluding hydrogens is 1360 g/mol. The molecule has 0 unspecified atom stereocenters. The third-order valence-electron chi connectivity index (χ3n) is 16.5. The molecule has 1 aromatic heterocycles. The molecule has 2 aromatic rings. The van der Waals surface area contributed by atoms with Gasteiger partial charge in [0.05, 0.1) is 18.7 Å². The topological polar surface area (TPSA) is 649 Å². The van der Waals surface area contributed by atoms with Crippen molar-refractivity contribution < 1.29 is 87.2 Å². The maximum absolute atomic E-state index is 14.8. The van der Waals surface area contributed by atoms with Crippen LogP contribution in [0.3, 0.4) is 0 Å². The van der Waals surface area contributed by atoms with Crippen molar-refractivity contribution in [2.45, 2.75) is 217 Å². The molecule has 13 atom stereocenters. The van der Waals surface area contributed by atoms with Crippen LogP contribution in [0.4, 0.5) is 0 Å². The van der Waals surface area contributed by atoms with Crippen molar-refractivity contribution >= 4 is 112 Å². The predicted octanol–water partition coefficient (Wildman–Crippen LogP) is -6.15. The molecule has 1 fully saturated rings. The number of benzene rings is 1. The number of carbonyl (C=O) groups is 15. The van der Waals surface area contributed by atoms with Gasteiger partial charge in [-0.3, -0.25) is 81.9 Å². The standard InChI is InChI=1S/C65H105N21O18/c1-31(2)26-44(58(98)77-33(5)52(92)76-34(6)53(93)79-41(16-11-23-72-64(68)69)55(95)78-35(7)63(103)104)82-60(100)46(28-37-29-74-40-15-10-9-14-38(37)40)83-57(97)43(20-21-48(67)88)81-56(96)42(17-12-24-73-65(70)71)80-59(99)45(27-32(3)4)84-62(102)51(36(8)87)85-61(101)47-18-13-25-86(47)49(89)30-75-54(94)39(66)19-22-50(90)91/h9-10,14-15,29,31-36,39,41-47,51,74,87H,11-13,16-28,30,66H2,1-8H3,(H2,67,88)(H,75,94)(H,76,92)(H,77,98)(H,78,95)(H,79,93)(H,80,99)(H,81,96)(H,82,100)(H,83,97)(H,84,102)(H,85,101)(H,90,91)(H,103,104)(H4,68,69,72)(H4,70,71,73)/t33-,34-,35-,36+,39-,41-,42-,43-,44-,45-,46-,47-,51-/m0/s1. The van der Waals surface area contributed by atoms with Crippen LogP contribution in [0.1, 0.15) is 138 Å². The first-order chi connectivity index (χ1) is 48.8. The van der Waals surface area contributed by atoms with Gasteiger partial charge in [0, 0.05) is 56.0 Å². The molecule has 39 nitrogen and oxygen atoms in total. The van der Waals surface area contributed by atoms with Gasteiger partial charge in [-0.1, -0.05) is 45.9 Å². The van der Waals surface area contributed by atoms with E-state index in [2.05, 4.69) is 73.5 Å². The fourth-order valence-electron chi connectivity index (χ4n) is 10.8. The van der Waals surface area contributed by atoms with Crippen molar-refractivity contribution in [3.8, 4) is 0 Å². The number of likely N-dealkylation sites (tertiary alicyclic amines) is 1. The summed E-state index contributed by atoms with van der Waals surface area (Å²) in [6.45, 7) is 11.4. The lowest BCUT2D eigenvalue weighted by atomic mass is 10.00. The Labute approximate surface area is 601 Å². The van der Waals surface area contributed by atoms with Gasteiger partial charge in [-0.15, -0.1) is 0 Å². The second kappa shape index (κ2) is 43.3. The number of guanidine groups is 2. The molecule has 0 saturated carbocycles. The number of carboxylic acids is 2. The van der Waals surface area contributed by atoms with E-state index in [1.54, 1.807) is 58.2 Å². The Morgan fingerprint density at radius 2 is 0.990 bits per heavy atom. The molecule has 1 aliphatic heterocycles. The first-order valence-electron chi connectivity index (χ1n) is 34.2. The van der Waals surface area contributed by atoms with Crippen molar-refractivity contribution in [1.82, 2.24) is 68.4 Å². The number of carboxylic acid groups (broad SMARTS) is 2. The van der Waals surface area contributed by atoms with E-state index in [0.717, 1.165) is 4.90 Å². The van der Waals surface area contributed by atoms with Crippen LogP contribution in [-0.2, 0) is 78.3 Å². The lowest BCUT2D eigenvalue weighted by molar-refractivity contribution is -0.142. The van der Waals surface area contributed by atoms with Crippen LogP contribution in [-0.4, -0.2) is 231 Å². The van der Waals surface area contributed by atoms with E-state index in [0.29, 0.717) is 22.9 Å². The number of aliphatic carboxylic acids is 2. The molecule has 578 valence electrons. The number of hydrogen-bond donors (Lipinski definition) is 21. The summed E-state index contributed by atoms with van der Waals surface area (Å²) in [6.07, 6.45) is -1.62. The molecule has 3 rings (SSSR count). The third kappa shape index (κ3) is 30.5. The minimum absolute atomic E-state index is 0.0151. The Kier molecular flexibility index (Phi) is 36.4. The second-order valence-electron chi connectivity index (χ2n) is 26.4. The minimum atomic E-state index is -1.73. The van der Waals surface area contributed by atoms with Gasteiger partial charge in [-0.2, -0.15) is 0 Å². The number of aromatic nitrogens is 1. The first kappa shape index (κ1) is 87.5. The predicted molar refractivity (Wildman–Crippen MR) is 377 cm³/mol. The number of rotatable bonds is 45. The SMILES string of the molecule is CC(C)C[C@H](NC(=O)[C@H](Cc1c[nH]c2ccccc12)NC(=O)[C@H](CCC(N)=O)NC(=O)[C@H](CCCN=C(N)N)NC(=O)[C@H](CC(C)C)NC(=O)[C@@H](NC(=O)[C@@H]1CCCN1C(=O)CNC(=O)[C@@H](N)CCC(=O)O)[C@@H](C)O)C(=O)N[C@@H](C)C(=O)N[C@@H](C)C(=O)N[C@@H](CCCN=C(N)N)C(=O)N[C@@H](C)C(=O)O. The zero-order valence-electron chi connectivity index (χ0n) is 59.8. The fourth-order valence-corrected chi connectivity index (χ4v) is 10.8. The molecule has 1 aromatic carbocycles. The molecule has 0 bridgehead atoms. The van der Waals surface area contributed by atoms with Gasteiger partial charge in [-0.05, 0) is 115 Å². The minimum Gasteiger partial charge on any atom is -0.481 e. The quantitative estimate of drug-likeness (QED) is 0.0167. The number of aliphatic imine (C=N–C) groups is 2. The lowest BCUT2D eigenvalue weighted by Crippen LogP contribution is -2.61. The van der Waals surface area contributed by atoms with E-state index < -0.39 is 193 Å². The number of amides is 13. The number of para-hydroxylation sites is 1. The number of nitrogens with two attached hydrogens (primary N) is 6. The van der Waals surface area contributed by atoms with Crippen molar-refractivity contribution in [2.24, 2.45) is 56.2 Å². The zero-order valence-corrected chi connectivity index (χ0v) is 59.8. The van der Waals surface area contributed by atoms with Crippen LogP contribution < -0.4 is 92.9 Å². The largest absolute Gasteiger partial charge is 0.481 e. The van der Waals surface area contributed by atoms with E-state index in [4.69, 9.17) is 39.5 Å². The zero-order chi connectivity index (χ0) is 78.2. The van der Waals surface area contributed by atoms with Crippen molar-refractivity contribution in [3.05, 3.63) is 36.0 Å². The average molecular weight is 1470 g/mol. The second-order valence-corrected chi connectivity index (χ2v) is 26.4. The normalized spacial score (nSPS) is 16.1. The van der Waals surface area contributed by atoms with Crippen LogP contribution in [0.2, 0.25) is 0 Å². The number of carbonyl (C=O) groups excluding carboxylic acids is 13. The summed E-state index contributed by atoms with van der Waals surface area (Å²) in [5.74, 6) is -15.4. The molecule has 1 saturated heterocycles. The molecule has 39 heteroatoms. The Bertz CT molecular complexity index is 3410. The van der Waals surface area contributed by atoms with Gasteiger partial charge in [0.2, 0.25) is 76.8 Å². The number of aromatic amines is 1. The van der Waals surface area contributed by atoms with Gasteiger partial charge in [-0.25, -0.2) is 0 Å². The summed E-state index contributed by atoms with van der Waals surface area (Å²) in [6, 6.07) is -10.2. The molecule has 13 amide bonds. The van der Waals surface area contributed by atoms with Crippen LogP contribution in [0, 0.1) is 11.8 Å². The Morgan fingerprint density at radius 1 is 0.538 bits per heavy atom. The van der Waals surface area contributed by atoms with E-state index >= 15 is 0 Å². The van der Waals surface area contributed by atoms with Gasteiger partial charge < -0.3 is 118 Å². The molecule has 0 radical (unpaired) electrons. The summed E-state index contributed by atoms with van der Waals surface area (Å²) in [5.41, 5.74) is 34.4. The summed E-state index contributed by atoms with van der Waals surface area (Å²) >= 11 is 0. The van der Waals surface area contributed by atoms with Crippen LogP contribution >= 0.6 is 0 Å². The van der Waals surface area contributed by atoms with E-state index in [1.807, 2.05) is 0 Å². The summed E-state index contributed by atoms with van der Waals surface area (Å²) in [7, 11) is 0. The molecule has 104 heavy (non-hydrogen) atoms. The molecule has 27 N–H and O–H groups in total. The molecule has 0 aliphatic carbocycles. The number of primary amides is 1. The summed E-state index contributed by atoms with van der Waals surface area (Å²) in [5, 5.41) is 57.4. The van der Waals surface area contributed by atoms with Gasteiger partial charge in [0.1, 0.15) is 66.5 Å². The van der Waals surface area contributed by atoms with E-state index in [-0.39, 0.29) is 101 Å². The number of fused-ring (bicyclic) bond motifs is 1. The number of nitrogens with one attached hydrogen (secondary N) is 12. The summed E-state index contributed by atoms with van der Waals surface area (Å²) in [4.78, 5) is 214. The highest BCUT2D eigenvalue weighted by molar-refractivity contribution is 6.00. The van der Waals surface area contributed by atoms with Crippen molar-refractivity contribution in [3.63, 3.8) is 0 Å². The number of aliphatic hydroxyl groups excluding tert-OH is 1. The monoisotopic (exact) mass is 1470 g/mol. The Balaban J connectivity index is 1.93. The number of aliphatic hydroxyl groups is 1. The lowest BCUT2D eigenvalue weighted by Gasteiger charge is -2.30. The highest BCUT2D eigenvalue weighted by Gasteiger charge is 2.40.